The van der Waals surface area contributed by atoms with Crippen LogP contribution in [0.1, 0.15) is 17.3 Å². The molecule has 0 aliphatic rings. The second kappa shape index (κ2) is 5.43. The number of carbonyl (C=O) groups is 1. The molecule has 0 aliphatic heterocycles. The minimum Gasteiger partial charge on any atom is -0.497 e. The average molecular weight is 261 g/mol. The normalized spacial score (nSPS) is 10.2. The monoisotopic (exact) mass is 261 g/mol. The van der Waals surface area contributed by atoms with Crippen LogP contribution in [0.4, 0.5) is 5.82 Å². The SMILES string of the molecule is CCn1ncc(C(=O)Oc2ccc(OC)cc2)c1N. The van der Waals surface area contributed by atoms with Gasteiger partial charge in [0.2, 0.25) is 0 Å². The summed E-state index contributed by atoms with van der Waals surface area (Å²) in [6.07, 6.45) is 1.41. The highest BCUT2D eigenvalue weighted by atomic mass is 16.5. The lowest BCUT2D eigenvalue weighted by Crippen LogP contribution is -2.11. The van der Waals surface area contributed by atoms with Crippen LogP contribution in [0.15, 0.2) is 30.5 Å². The zero-order valence-corrected chi connectivity index (χ0v) is 10.8. The van der Waals surface area contributed by atoms with Gasteiger partial charge in [-0.25, -0.2) is 9.48 Å². The van der Waals surface area contributed by atoms with Crippen LogP contribution >= 0.6 is 0 Å². The summed E-state index contributed by atoms with van der Waals surface area (Å²) >= 11 is 0. The Morgan fingerprint density at radius 1 is 1.32 bits per heavy atom. The van der Waals surface area contributed by atoms with Gasteiger partial charge in [-0.1, -0.05) is 0 Å². The number of hydrogen-bond acceptors (Lipinski definition) is 5. The van der Waals surface area contributed by atoms with Crippen LogP contribution in [0.2, 0.25) is 0 Å². The smallest absolute Gasteiger partial charge is 0.348 e. The molecule has 0 amide bonds. The quantitative estimate of drug-likeness (QED) is 0.669. The lowest BCUT2D eigenvalue weighted by molar-refractivity contribution is 0.0735. The lowest BCUT2D eigenvalue weighted by atomic mass is 10.3. The van der Waals surface area contributed by atoms with Gasteiger partial charge in [-0.3, -0.25) is 0 Å². The van der Waals surface area contributed by atoms with Gasteiger partial charge in [0.1, 0.15) is 22.9 Å². The number of methoxy groups -OCH3 is 1. The van der Waals surface area contributed by atoms with Crippen LogP contribution in [0.5, 0.6) is 11.5 Å². The third-order valence-electron chi connectivity index (χ3n) is 2.67. The van der Waals surface area contributed by atoms with Crippen LogP contribution in [-0.2, 0) is 6.54 Å². The van der Waals surface area contributed by atoms with E-state index >= 15 is 0 Å². The molecule has 0 radical (unpaired) electrons. The summed E-state index contributed by atoms with van der Waals surface area (Å²) in [6, 6.07) is 6.72. The highest BCUT2D eigenvalue weighted by Gasteiger charge is 2.16. The number of anilines is 1. The summed E-state index contributed by atoms with van der Waals surface area (Å²) in [5.74, 6) is 0.899. The maximum atomic E-state index is 11.9. The lowest BCUT2D eigenvalue weighted by Gasteiger charge is -2.05. The van der Waals surface area contributed by atoms with Gasteiger partial charge < -0.3 is 15.2 Å². The van der Waals surface area contributed by atoms with E-state index in [1.165, 1.54) is 10.9 Å². The van der Waals surface area contributed by atoms with Crippen molar-refractivity contribution in [3.63, 3.8) is 0 Å². The summed E-state index contributed by atoms with van der Waals surface area (Å²) in [4.78, 5) is 11.9. The molecule has 2 aromatic rings. The maximum absolute atomic E-state index is 11.9. The number of rotatable bonds is 4. The first-order valence-corrected chi connectivity index (χ1v) is 5.83. The Hall–Kier alpha value is -2.50. The summed E-state index contributed by atoms with van der Waals surface area (Å²) in [6.45, 7) is 2.49. The fourth-order valence-electron chi connectivity index (χ4n) is 1.61. The Labute approximate surface area is 110 Å². The molecule has 100 valence electrons. The van der Waals surface area contributed by atoms with Gasteiger partial charge in [0.15, 0.2) is 0 Å². The minimum atomic E-state index is -0.526. The molecule has 19 heavy (non-hydrogen) atoms. The van der Waals surface area contributed by atoms with E-state index in [0.29, 0.717) is 23.9 Å². The molecular weight excluding hydrogens is 246 g/mol. The molecule has 2 rings (SSSR count). The highest BCUT2D eigenvalue weighted by molar-refractivity contribution is 5.95. The van der Waals surface area contributed by atoms with E-state index in [4.69, 9.17) is 15.2 Å². The molecule has 2 N–H and O–H groups in total. The van der Waals surface area contributed by atoms with E-state index in [1.54, 1.807) is 31.4 Å². The molecule has 0 unspecified atom stereocenters. The standard InChI is InChI=1S/C13H15N3O3/c1-3-16-12(14)11(8-15-16)13(17)19-10-6-4-9(18-2)5-7-10/h4-8H,3,14H2,1-2H3. The van der Waals surface area contributed by atoms with E-state index < -0.39 is 5.97 Å². The summed E-state index contributed by atoms with van der Waals surface area (Å²) in [7, 11) is 1.57. The molecule has 6 nitrogen and oxygen atoms in total. The topological polar surface area (TPSA) is 79.4 Å². The first kappa shape index (κ1) is 12.9. The number of nitrogens with zero attached hydrogens (tertiary/aromatic N) is 2. The maximum Gasteiger partial charge on any atom is 0.348 e. The van der Waals surface area contributed by atoms with Gasteiger partial charge in [-0.05, 0) is 31.2 Å². The van der Waals surface area contributed by atoms with Gasteiger partial charge in [-0.2, -0.15) is 5.10 Å². The molecule has 1 aromatic carbocycles. The highest BCUT2D eigenvalue weighted by Crippen LogP contribution is 2.19. The molecule has 0 saturated heterocycles. The number of aryl methyl sites for hydroxylation is 1. The Bertz CT molecular complexity index is 575. The van der Waals surface area contributed by atoms with Crippen molar-refractivity contribution in [1.29, 1.82) is 0 Å². The Morgan fingerprint density at radius 2 is 1.95 bits per heavy atom. The van der Waals surface area contributed by atoms with E-state index in [-0.39, 0.29) is 5.56 Å². The number of nitrogens with two attached hydrogens (primary N) is 1. The molecule has 0 bridgehead atoms. The van der Waals surface area contributed by atoms with Crippen molar-refractivity contribution in [2.75, 3.05) is 12.8 Å². The van der Waals surface area contributed by atoms with Crippen molar-refractivity contribution in [2.24, 2.45) is 0 Å². The second-order valence-electron chi connectivity index (χ2n) is 3.82. The van der Waals surface area contributed by atoms with Gasteiger partial charge in [0.25, 0.3) is 0 Å². The average Bonchev–Trinajstić information content (AvgIpc) is 2.80. The number of hydrogen-bond donors (Lipinski definition) is 1. The number of carbonyl (C=O) groups excluding carboxylic acids is 1. The zero-order valence-electron chi connectivity index (χ0n) is 10.8. The van der Waals surface area contributed by atoms with Crippen molar-refractivity contribution in [3.8, 4) is 11.5 Å². The summed E-state index contributed by atoms with van der Waals surface area (Å²) < 4.78 is 11.8. The predicted octanol–water partition coefficient (Wildman–Crippen LogP) is 1.71. The first-order chi connectivity index (χ1) is 9.15. The molecule has 0 aliphatic carbocycles. The number of esters is 1. The Balaban J connectivity index is 2.13. The van der Waals surface area contributed by atoms with Crippen molar-refractivity contribution < 1.29 is 14.3 Å². The fraction of sp³-hybridized carbons (Fsp3) is 0.231. The largest absolute Gasteiger partial charge is 0.497 e. The van der Waals surface area contributed by atoms with Crippen LogP contribution in [-0.4, -0.2) is 22.9 Å². The van der Waals surface area contributed by atoms with Crippen LogP contribution in [0.25, 0.3) is 0 Å². The minimum absolute atomic E-state index is 0.262. The molecule has 0 fully saturated rings. The Morgan fingerprint density at radius 3 is 2.47 bits per heavy atom. The fourth-order valence-corrected chi connectivity index (χ4v) is 1.61. The molecule has 1 aromatic heterocycles. The number of ether oxygens (including phenoxy) is 2. The van der Waals surface area contributed by atoms with E-state index in [0.717, 1.165) is 0 Å². The third-order valence-corrected chi connectivity index (χ3v) is 2.67. The molecule has 0 atom stereocenters. The van der Waals surface area contributed by atoms with Crippen molar-refractivity contribution in [1.82, 2.24) is 9.78 Å². The summed E-state index contributed by atoms with van der Waals surface area (Å²) in [5, 5.41) is 4.00. The molecule has 0 spiro atoms. The summed E-state index contributed by atoms with van der Waals surface area (Å²) in [5.41, 5.74) is 6.06. The first-order valence-electron chi connectivity index (χ1n) is 5.83. The molecular formula is C13H15N3O3. The zero-order chi connectivity index (χ0) is 13.8. The van der Waals surface area contributed by atoms with Gasteiger partial charge in [0, 0.05) is 6.54 Å². The predicted molar refractivity (Wildman–Crippen MR) is 70.3 cm³/mol. The van der Waals surface area contributed by atoms with Crippen molar-refractivity contribution in [3.05, 3.63) is 36.0 Å². The van der Waals surface area contributed by atoms with Gasteiger partial charge >= 0.3 is 5.97 Å². The Kier molecular flexibility index (Phi) is 3.70. The molecule has 6 heteroatoms. The number of nitrogen functional groups attached to an aromatic ring is 1. The van der Waals surface area contributed by atoms with Crippen LogP contribution in [0, 0.1) is 0 Å². The van der Waals surface area contributed by atoms with E-state index in [1.807, 2.05) is 6.92 Å². The second-order valence-corrected chi connectivity index (χ2v) is 3.82. The van der Waals surface area contributed by atoms with Crippen molar-refractivity contribution in [2.45, 2.75) is 13.5 Å². The van der Waals surface area contributed by atoms with Crippen LogP contribution in [0.3, 0.4) is 0 Å². The van der Waals surface area contributed by atoms with Gasteiger partial charge in [0.05, 0.1) is 13.3 Å². The molecule has 1 heterocycles. The van der Waals surface area contributed by atoms with Crippen molar-refractivity contribution >= 4 is 11.8 Å². The number of benzene rings is 1. The van der Waals surface area contributed by atoms with Crippen LogP contribution < -0.4 is 15.2 Å². The van der Waals surface area contributed by atoms with E-state index in [9.17, 15) is 4.79 Å². The van der Waals surface area contributed by atoms with E-state index in [2.05, 4.69) is 5.10 Å². The van der Waals surface area contributed by atoms with Gasteiger partial charge in [-0.15, -0.1) is 0 Å². The third kappa shape index (κ3) is 2.67. The molecule has 0 saturated carbocycles. The number of aromatic nitrogens is 2.